The summed E-state index contributed by atoms with van der Waals surface area (Å²) in [4.78, 5) is 4.65. The topological polar surface area (TPSA) is 27.1 Å². The first kappa shape index (κ1) is 16.2. The summed E-state index contributed by atoms with van der Waals surface area (Å²) in [7, 11) is 1.69. The van der Waals surface area contributed by atoms with Gasteiger partial charge in [-0.05, 0) is 24.5 Å². The summed E-state index contributed by atoms with van der Waals surface area (Å²) in [5, 5.41) is 0. The van der Waals surface area contributed by atoms with E-state index in [-0.39, 0.29) is 0 Å². The Morgan fingerprint density at radius 2 is 2.14 bits per heavy atom. The van der Waals surface area contributed by atoms with Gasteiger partial charge in [-0.25, -0.2) is 4.98 Å². The van der Waals surface area contributed by atoms with Gasteiger partial charge in [0.25, 0.3) is 0 Å². The van der Waals surface area contributed by atoms with Gasteiger partial charge in [0.1, 0.15) is 11.6 Å². The number of halogens is 1. The summed E-state index contributed by atoms with van der Waals surface area (Å²) in [6.45, 7) is 5.50. The number of rotatable bonds is 8. The lowest BCUT2D eigenvalue weighted by Gasteiger charge is -2.17. The number of ether oxygens (including phenoxy) is 1. The van der Waals surface area contributed by atoms with Crippen LogP contribution in [0.1, 0.15) is 45.4 Å². The highest BCUT2D eigenvalue weighted by Gasteiger charge is 2.15. The molecule has 0 spiro atoms. The maximum Gasteiger partial charge on any atom is 0.124 e. The van der Waals surface area contributed by atoms with Gasteiger partial charge < -0.3 is 9.30 Å². The van der Waals surface area contributed by atoms with Crippen LogP contribution in [0.2, 0.25) is 0 Å². The molecule has 21 heavy (non-hydrogen) atoms. The molecule has 1 atom stereocenters. The predicted octanol–water partition coefficient (Wildman–Crippen LogP) is 5.00. The molecule has 3 nitrogen and oxygen atoms in total. The molecule has 0 saturated carbocycles. The average Bonchev–Trinajstić information content (AvgIpc) is 2.87. The highest BCUT2D eigenvalue weighted by Crippen LogP contribution is 2.25. The fourth-order valence-corrected chi connectivity index (χ4v) is 2.96. The first-order valence-corrected chi connectivity index (χ1v) is 8.36. The largest absolute Gasteiger partial charge is 0.497 e. The second kappa shape index (κ2) is 7.69. The van der Waals surface area contributed by atoms with Crippen LogP contribution in [0.25, 0.3) is 11.0 Å². The lowest BCUT2D eigenvalue weighted by Crippen LogP contribution is -2.12. The molecular weight excluding hydrogens is 284 g/mol. The van der Waals surface area contributed by atoms with Gasteiger partial charge >= 0.3 is 0 Å². The van der Waals surface area contributed by atoms with E-state index in [2.05, 4.69) is 29.5 Å². The molecule has 2 aromatic rings. The van der Waals surface area contributed by atoms with Crippen molar-refractivity contribution in [3.05, 3.63) is 24.0 Å². The van der Waals surface area contributed by atoms with Gasteiger partial charge in [-0.3, -0.25) is 0 Å². The fourth-order valence-electron chi connectivity index (χ4n) is 2.76. The molecule has 0 aliphatic rings. The summed E-state index contributed by atoms with van der Waals surface area (Å²) in [5.41, 5.74) is 2.12. The van der Waals surface area contributed by atoms with Crippen LogP contribution in [-0.4, -0.2) is 16.7 Å². The molecule has 1 heterocycles. The fraction of sp³-hybridized carbons (Fsp3) is 0.588. The van der Waals surface area contributed by atoms with Crippen molar-refractivity contribution in [1.29, 1.82) is 0 Å². The summed E-state index contributed by atoms with van der Waals surface area (Å²) in [5.74, 6) is 2.94. The van der Waals surface area contributed by atoms with Crippen molar-refractivity contribution < 1.29 is 4.74 Å². The van der Waals surface area contributed by atoms with Crippen molar-refractivity contribution in [1.82, 2.24) is 9.55 Å². The van der Waals surface area contributed by atoms with E-state index in [1.165, 1.54) is 25.7 Å². The monoisotopic (exact) mass is 308 g/mol. The number of fused-ring (bicyclic) bond motifs is 1. The molecule has 4 heteroatoms. The van der Waals surface area contributed by atoms with Crippen LogP contribution >= 0.6 is 11.6 Å². The number of aromatic nitrogens is 2. The van der Waals surface area contributed by atoms with Gasteiger partial charge in [0, 0.05) is 12.6 Å². The Morgan fingerprint density at radius 1 is 1.33 bits per heavy atom. The number of nitrogens with zero attached hydrogens (tertiary/aromatic N) is 2. The van der Waals surface area contributed by atoms with Crippen LogP contribution in [0, 0.1) is 5.92 Å². The minimum Gasteiger partial charge on any atom is -0.497 e. The molecule has 0 radical (unpaired) electrons. The molecule has 0 fully saturated rings. The van der Waals surface area contributed by atoms with Crippen LogP contribution in [0.3, 0.4) is 0 Å². The number of hydrogen-bond acceptors (Lipinski definition) is 2. The third kappa shape index (κ3) is 3.70. The Kier molecular flexibility index (Phi) is 5.92. The van der Waals surface area contributed by atoms with Gasteiger partial charge in [0.2, 0.25) is 0 Å². The Morgan fingerprint density at radius 3 is 2.76 bits per heavy atom. The van der Waals surface area contributed by atoms with E-state index in [4.69, 9.17) is 16.3 Å². The van der Waals surface area contributed by atoms with Crippen molar-refractivity contribution in [3.8, 4) is 5.75 Å². The van der Waals surface area contributed by atoms with Gasteiger partial charge in [-0.15, -0.1) is 11.6 Å². The van der Waals surface area contributed by atoms with E-state index in [1.807, 2.05) is 12.1 Å². The molecular formula is C17H25ClN2O. The molecule has 0 aliphatic carbocycles. The van der Waals surface area contributed by atoms with Gasteiger partial charge in [-0.2, -0.15) is 0 Å². The third-order valence-corrected chi connectivity index (χ3v) is 4.38. The van der Waals surface area contributed by atoms with Gasteiger partial charge in [-0.1, -0.05) is 33.1 Å². The molecule has 116 valence electrons. The summed E-state index contributed by atoms with van der Waals surface area (Å²) < 4.78 is 7.61. The number of alkyl halides is 1. The van der Waals surface area contributed by atoms with Crippen LogP contribution in [-0.2, 0) is 12.4 Å². The zero-order chi connectivity index (χ0) is 15.2. The second-order valence-electron chi connectivity index (χ2n) is 5.54. The maximum absolute atomic E-state index is 6.09. The van der Waals surface area contributed by atoms with Crippen LogP contribution < -0.4 is 4.74 Å². The number of hydrogen-bond donors (Lipinski definition) is 0. The minimum absolute atomic E-state index is 0.446. The quantitative estimate of drug-likeness (QED) is 0.642. The third-order valence-electron chi connectivity index (χ3n) is 4.14. The van der Waals surface area contributed by atoms with Crippen LogP contribution in [0.5, 0.6) is 5.75 Å². The van der Waals surface area contributed by atoms with Gasteiger partial charge in [0.05, 0.1) is 24.0 Å². The molecule has 2 rings (SSSR count). The van der Waals surface area contributed by atoms with Gasteiger partial charge in [0.15, 0.2) is 0 Å². The lowest BCUT2D eigenvalue weighted by atomic mass is 9.99. The van der Waals surface area contributed by atoms with Crippen LogP contribution in [0.4, 0.5) is 0 Å². The van der Waals surface area contributed by atoms with Crippen molar-refractivity contribution in [2.45, 2.75) is 52.0 Å². The van der Waals surface area contributed by atoms with E-state index in [0.717, 1.165) is 29.2 Å². The summed E-state index contributed by atoms with van der Waals surface area (Å²) in [6, 6.07) is 6.02. The van der Waals surface area contributed by atoms with E-state index >= 15 is 0 Å². The first-order chi connectivity index (χ1) is 10.2. The molecule has 0 amide bonds. The van der Waals surface area contributed by atoms with Crippen LogP contribution in [0.15, 0.2) is 18.2 Å². The highest BCUT2D eigenvalue weighted by molar-refractivity contribution is 6.16. The Bertz CT molecular complexity index is 579. The van der Waals surface area contributed by atoms with E-state index in [0.29, 0.717) is 11.8 Å². The number of benzene rings is 1. The molecule has 1 aromatic carbocycles. The first-order valence-electron chi connectivity index (χ1n) is 7.82. The van der Waals surface area contributed by atoms with E-state index in [9.17, 15) is 0 Å². The average molecular weight is 309 g/mol. The van der Waals surface area contributed by atoms with Crippen molar-refractivity contribution in [3.63, 3.8) is 0 Å². The highest BCUT2D eigenvalue weighted by atomic mass is 35.5. The minimum atomic E-state index is 0.446. The molecule has 0 N–H and O–H groups in total. The smallest absolute Gasteiger partial charge is 0.124 e. The van der Waals surface area contributed by atoms with E-state index < -0.39 is 0 Å². The summed E-state index contributed by atoms with van der Waals surface area (Å²) >= 11 is 6.09. The molecule has 0 bridgehead atoms. The molecule has 1 unspecified atom stereocenters. The Labute approximate surface area is 132 Å². The lowest BCUT2D eigenvalue weighted by molar-refractivity contribution is 0.390. The number of imidazole rings is 1. The molecule has 1 aromatic heterocycles. The second-order valence-corrected chi connectivity index (χ2v) is 5.81. The maximum atomic E-state index is 6.09. The summed E-state index contributed by atoms with van der Waals surface area (Å²) in [6.07, 6.45) is 4.98. The SMILES string of the molecule is CCCCC(CC)Cn1c(CCl)nc2ccc(OC)cc21. The number of unbranched alkanes of at least 4 members (excludes halogenated alkanes) is 1. The standard InChI is InChI=1S/C17H25ClN2O/c1-4-6-7-13(5-2)12-20-16-10-14(21-3)8-9-15(16)19-17(20)11-18/h8-10,13H,4-7,11-12H2,1-3H3. The normalized spacial score (nSPS) is 12.8. The Balaban J connectivity index is 2.35. The predicted molar refractivity (Wildman–Crippen MR) is 89.1 cm³/mol. The van der Waals surface area contributed by atoms with Crippen molar-refractivity contribution >= 4 is 22.6 Å². The zero-order valence-corrected chi connectivity index (χ0v) is 14.0. The molecule has 0 aliphatic heterocycles. The zero-order valence-electron chi connectivity index (χ0n) is 13.2. The Hall–Kier alpha value is -1.22. The number of methoxy groups -OCH3 is 1. The van der Waals surface area contributed by atoms with Crippen molar-refractivity contribution in [2.75, 3.05) is 7.11 Å². The van der Waals surface area contributed by atoms with Crippen molar-refractivity contribution in [2.24, 2.45) is 5.92 Å². The van der Waals surface area contributed by atoms with E-state index in [1.54, 1.807) is 7.11 Å². The molecule has 0 saturated heterocycles.